The van der Waals surface area contributed by atoms with Crippen molar-refractivity contribution >= 4 is 34.4 Å². The summed E-state index contributed by atoms with van der Waals surface area (Å²) in [5.74, 6) is -1.58. The van der Waals surface area contributed by atoms with E-state index in [2.05, 4.69) is 15.6 Å². The molecule has 0 fully saturated rings. The summed E-state index contributed by atoms with van der Waals surface area (Å²) in [4.78, 5) is 42.7. The minimum Gasteiger partial charge on any atom is -0.449 e. The molecule has 0 saturated heterocycles. The number of nitrogens with zero attached hydrogens (tertiary/aromatic N) is 1. The number of hydrogen-bond donors (Lipinski definition) is 2. The van der Waals surface area contributed by atoms with Crippen LogP contribution in [0.15, 0.2) is 78.9 Å². The molecule has 36 heavy (non-hydrogen) atoms. The number of nitrogens with one attached hydrogen (secondary N) is 2. The predicted octanol–water partition coefficient (Wildman–Crippen LogP) is 4.82. The Balaban J connectivity index is 1.44. The molecule has 0 saturated carbocycles. The van der Waals surface area contributed by atoms with Gasteiger partial charge in [-0.25, -0.2) is 9.78 Å². The molecular weight excluding hydrogens is 454 g/mol. The standard InChI is InChI=1S/C29H27N3O4/c1-18-10-9-11-19(2)27(18)32-26(33)17-30-28(34)20(3)36-29(35)23-16-25(21-12-5-4-6-13-21)31-24-15-8-7-14-22(23)24/h4-16,20H,17H2,1-3H3,(H,30,34)(H,32,33). The van der Waals surface area contributed by atoms with Crippen molar-refractivity contribution in [2.24, 2.45) is 0 Å². The quantitative estimate of drug-likeness (QED) is 0.369. The minimum absolute atomic E-state index is 0.245. The summed E-state index contributed by atoms with van der Waals surface area (Å²) >= 11 is 0. The number of ether oxygens (including phenoxy) is 1. The zero-order valence-corrected chi connectivity index (χ0v) is 20.4. The Morgan fingerprint density at radius 2 is 1.56 bits per heavy atom. The van der Waals surface area contributed by atoms with Gasteiger partial charge in [0, 0.05) is 16.6 Å². The number of aromatic nitrogens is 1. The molecule has 3 aromatic carbocycles. The van der Waals surface area contributed by atoms with E-state index < -0.39 is 18.0 Å². The van der Waals surface area contributed by atoms with E-state index in [1.807, 2.05) is 80.6 Å². The Morgan fingerprint density at radius 3 is 2.28 bits per heavy atom. The number of amides is 2. The second-order valence-electron chi connectivity index (χ2n) is 8.52. The van der Waals surface area contributed by atoms with Gasteiger partial charge in [-0.2, -0.15) is 0 Å². The fraction of sp³-hybridized carbons (Fsp3) is 0.172. The van der Waals surface area contributed by atoms with E-state index in [0.29, 0.717) is 22.2 Å². The number of para-hydroxylation sites is 2. The van der Waals surface area contributed by atoms with Crippen molar-refractivity contribution in [2.75, 3.05) is 11.9 Å². The molecule has 7 nitrogen and oxygen atoms in total. The summed E-state index contributed by atoms with van der Waals surface area (Å²) < 4.78 is 5.48. The highest BCUT2D eigenvalue weighted by atomic mass is 16.5. The van der Waals surface area contributed by atoms with Crippen LogP contribution < -0.4 is 10.6 Å². The Morgan fingerprint density at radius 1 is 0.889 bits per heavy atom. The number of aryl methyl sites for hydroxylation is 2. The van der Waals surface area contributed by atoms with Crippen molar-refractivity contribution in [3.05, 3.63) is 95.6 Å². The minimum atomic E-state index is -1.10. The maximum absolute atomic E-state index is 13.1. The van der Waals surface area contributed by atoms with Crippen LogP contribution in [-0.4, -0.2) is 35.4 Å². The van der Waals surface area contributed by atoms with Gasteiger partial charge >= 0.3 is 5.97 Å². The molecule has 0 aliphatic rings. The lowest BCUT2D eigenvalue weighted by molar-refractivity contribution is -0.130. The molecule has 4 rings (SSSR count). The van der Waals surface area contributed by atoms with Crippen LogP contribution in [0.1, 0.15) is 28.4 Å². The lowest BCUT2D eigenvalue weighted by Crippen LogP contribution is -2.40. The number of fused-ring (bicyclic) bond motifs is 1. The Hall–Kier alpha value is -4.52. The monoisotopic (exact) mass is 481 g/mol. The van der Waals surface area contributed by atoms with Crippen LogP contribution in [0.2, 0.25) is 0 Å². The van der Waals surface area contributed by atoms with Gasteiger partial charge in [0.25, 0.3) is 5.91 Å². The van der Waals surface area contributed by atoms with Gasteiger partial charge in [0.05, 0.1) is 23.3 Å². The molecule has 0 radical (unpaired) electrons. The number of rotatable bonds is 7. The van der Waals surface area contributed by atoms with E-state index in [0.717, 1.165) is 22.4 Å². The Labute approximate surface area is 209 Å². The van der Waals surface area contributed by atoms with Crippen LogP contribution in [0, 0.1) is 13.8 Å². The van der Waals surface area contributed by atoms with Gasteiger partial charge < -0.3 is 15.4 Å². The van der Waals surface area contributed by atoms with Crippen LogP contribution in [0.5, 0.6) is 0 Å². The number of esters is 1. The first-order chi connectivity index (χ1) is 17.3. The SMILES string of the molecule is Cc1cccc(C)c1NC(=O)CNC(=O)C(C)OC(=O)c1cc(-c2ccccc2)nc2ccccc12. The van der Waals surface area contributed by atoms with Gasteiger partial charge in [-0.15, -0.1) is 0 Å². The molecule has 4 aromatic rings. The maximum atomic E-state index is 13.1. The highest BCUT2D eigenvalue weighted by Gasteiger charge is 2.22. The number of pyridine rings is 1. The molecule has 0 bridgehead atoms. The van der Waals surface area contributed by atoms with E-state index in [4.69, 9.17) is 4.74 Å². The third kappa shape index (κ3) is 5.58. The van der Waals surface area contributed by atoms with Gasteiger partial charge in [0.15, 0.2) is 6.10 Å². The summed E-state index contributed by atoms with van der Waals surface area (Å²) in [7, 11) is 0. The molecule has 2 N–H and O–H groups in total. The largest absolute Gasteiger partial charge is 0.449 e. The van der Waals surface area contributed by atoms with Gasteiger partial charge in [0.2, 0.25) is 5.91 Å². The smallest absolute Gasteiger partial charge is 0.339 e. The first-order valence-electron chi connectivity index (χ1n) is 11.6. The van der Waals surface area contributed by atoms with Crippen LogP contribution >= 0.6 is 0 Å². The molecule has 7 heteroatoms. The van der Waals surface area contributed by atoms with E-state index in [9.17, 15) is 14.4 Å². The van der Waals surface area contributed by atoms with Crippen molar-refractivity contribution in [2.45, 2.75) is 26.9 Å². The number of anilines is 1. The predicted molar refractivity (Wildman–Crippen MR) is 140 cm³/mol. The van der Waals surface area contributed by atoms with Crippen molar-refractivity contribution < 1.29 is 19.1 Å². The molecule has 1 atom stereocenters. The Bertz CT molecular complexity index is 1410. The first kappa shape index (κ1) is 24.6. The number of carbonyl (C=O) groups is 3. The molecule has 0 aliphatic carbocycles. The van der Waals surface area contributed by atoms with Gasteiger partial charge in [-0.1, -0.05) is 66.7 Å². The number of hydrogen-bond acceptors (Lipinski definition) is 5. The Kier molecular flexibility index (Phi) is 7.39. The van der Waals surface area contributed by atoms with Crippen molar-refractivity contribution in [3.63, 3.8) is 0 Å². The maximum Gasteiger partial charge on any atom is 0.339 e. The summed E-state index contributed by atoms with van der Waals surface area (Å²) in [6.07, 6.45) is -1.10. The summed E-state index contributed by atoms with van der Waals surface area (Å²) in [5, 5.41) is 5.97. The number of carbonyl (C=O) groups excluding carboxylic acids is 3. The van der Waals surface area contributed by atoms with Crippen LogP contribution in [-0.2, 0) is 14.3 Å². The topological polar surface area (TPSA) is 97.4 Å². The zero-order chi connectivity index (χ0) is 25.7. The number of benzene rings is 3. The van der Waals surface area contributed by atoms with Gasteiger partial charge in [0.1, 0.15) is 0 Å². The highest BCUT2D eigenvalue weighted by Crippen LogP contribution is 2.25. The highest BCUT2D eigenvalue weighted by molar-refractivity contribution is 6.05. The van der Waals surface area contributed by atoms with E-state index in [1.165, 1.54) is 6.92 Å². The van der Waals surface area contributed by atoms with Gasteiger partial charge in [-0.05, 0) is 44.0 Å². The van der Waals surface area contributed by atoms with Crippen molar-refractivity contribution in [3.8, 4) is 11.3 Å². The van der Waals surface area contributed by atoms with Crippen LogP contribution in [0.3, 0.4) is 0 Å². The zero-order valence-electron chi connectivity index (χ0n) is 20.4. The van der Waals surface area contributed by atoms with E-state index in [-0.39, 0.29) is 12.5 Å². The molecule has 2 amide bonds. The average Bonchev–Trinajstić information content (AvgIpc) is 2.89. The third-order valence-electron chi connectivity index (χ3n) is 5.83. The summed E-state index contributed by atoms with van der Waals surface area (Å²) in [6.45, 7) is 5.02. The molecule has 1 unspecified atom stereocenters. The van der Waals surface area contributed by atoms with Crippen LogP contribution in [0.25, 0.3) is 22.2 Å². The van der Waals surface area contributed by atoms with Gasteiger partial charge in [-0.3, -0.25) is 9.59 Å². The first-order valence-corrected chi connectivity index (χ1v) is 11.6. The summed E-state index contributed by atoms with van der Waals surface area (Å²) in [6, 6.07) is 24.2. The molecule has 1 aromatic heterocycles. The van der Waals surface area contributed by atoms with E-state index >= 15 is 0 Å². The van der Waals surface area contributed by atoms with Crippen LogP contribution in [0.4, 0.5) is 5.69 Å². The molecule has 0 aliphatic heterocycles. The summed E-state index contributed by atoms with van der Waals surface area (Å²) in [5.41, 5.74) is 5.01. The lowest BCUT2D eigenvalue weighted by atomic mass is 10.0. The normalized spacial score (nSPS) is 11.5. The molecular formula is C29H27N3O4. The second kappa shape index (κ2) is 10.8. The second-order valence-corrected chi connectivity index (χ2v) is 8.52. The van der Waals surface area contributed by atoms with E-state index in [1.54, 1.807) is 12.1 Å². The average molecular weight is 482 g/mol. The fourth-order valence-electron chi connectivity index (χ4n) is 3.89. The van der Waals surface area contributed by atoms with Crippen molar-refractivity contribution in [1.29, 1.82) is 0 Å². The molecule has 182 valence electrons. The third-order valence-corrected chi connectivity index (χ3v) is 5.83. The van der Waals surface area contributed by atoms with Crippen molar-refractivity contribution in [1.82, 2.24) is 10.3 Å². The molecule has 1 heterocycles. The molecule has 0 spiro atoms. The lowest BCUT2D eigenvalue weighted by Gasteiger charge is -2.16. The fourth-order valence-corrected chi connectivity index (χ4v) is 3.89.